The van der Waals surface area contributed by atoms with Crippen LogP contribution in [-0.2, 0) is 4.79 Å². The maximum atomic E-state index is 12.8. The number of hydrazine groups is 1. The quantitative estimate of drug-likeness (QED) is 0.582. The SMILES string of the molecule is CN1C(=O)[C@H]2CCCC[C@H]2[N+]1=C1c2ccccc2-c2ccccc21. The highest BCUT2D eigenvalue weighted by Crippen LogP contribution is 2.40. The van der Waals surface area contributed by atoms with E-state index >= 15 is 0 Å². The lowest BCUT2D eigenvalue weighted by molar-refractivity contribution is -0.680. The lowest BCUT2D eigenvalue weighted by Crippen LogP contribution is -2.37. The molecular weight excluding hydrogens is 296 g/mol. The normalized spacial score (nSPS) is 24.9. The van der Waals surface area contributed by atoms with E-state index in [1.807, 2.05) is 12.1 Å². The summed E-state index contributed by atoms with van der Waals surface area (Å²) < 4.78 is 2.30. The molecule has 0 unspecified atom stereocenters. The van der Waals surface area contributed by atoms with Crippen molar-refractivity contribution in [3.63, 3.8) is 0 Å². The van der Waals surface area contributed by atoms with E-state index in [2.05, 4.69) is 53.2 Å². The van der Waals surface area contributed by atoms with Crippen LogP contribution in [0.5, 0.6) is 0 Å². The first-order valence-electron chi connectivity index (χ1n) is 8.90. The van der Waals surface area contributed by atoms with Crippen molar-refractivity contribution in [2.24, 2.45) is 5.92 Å². The van der Waals surface area contributed by atoms with Crippen molar-refractivity contribution in [2.45, 2.75) is 31.7 Å². The Morgan fingerprint density at radius 2 is 1.42 bits per heavy atom. The topological polar surface area (TPSA) is 23.3 Å². The molecule has 1 aliphatic heterocycles. The summed E-state index contributed by atoms with van der Waals surface area (Å²) in [5, 5.41) is 1.88. The summed E-state index contributed by atoms with van der Waals surface area (Å²) in [6.07, 6.45) is 4.53. The molecule has 3 nitrogen and oxygen atoms in total. The number of carbonyl (C=O) groups excluding carboxylic acids is 1. The Morgan fingerprint density at radius 3 is 2.04 bits per heavy atom. The first-order chi connectivity index (χ1) is 11.8. The van der Waals surface area contributed by atoms with Crippen molar-refractivity contribution in [1.82, 2.24) is 5.01 Å². The second kappa shape index (κ2) is 5.04. The molecule has 1 saturated heterocycles. The van der Waals surface area contributed by atoms with Gasteiger partial charge in [-0.3, -0.25) is 4.79 Å². The Bertz CT molecular complexity index is 835. The summed E-state index contributed by atoms with van der Waals surface area (Å²) in [6.45, 7) is 0. The molecule has 0 N–H and O–H groups in total. The summed E-state index contributed by atoms with van der Waals surface area (Å²) in [5.41, 5.74) is 6.28. The predicted molar refractivity (Wildman–Crippen MR) is 93.9 cm³/mol. The van der Waals surface area contributed by atoms with E-state index in [9.17, 15) is 4.79 Å². The Kier molecular flexibility index (Phi) is 2.93. The van der Waals surface area contributed by atoms with E-state index < -0.39 is 0 Å². The zero-order valence-corrected chi connectivity index (χ0v) is 13.9. The summed E-state index contributed by atoms with van der Waals surface area (Å²) in [7, 11) is 1.94. The van der Waals surface area contributed by atoms with Gasteiger partial charge in [-0.25, -0.2) is 0 Å². The first-order valence-corrected chi connectivity index (χ1v) is 8.90. The molecule has 0 aromatic heterocycles. The number of nitrogens with zero attached hydrogens (tertiary/aromatic N) is 2. The minimum Gasteiger partial charge on any atom is -0.268 e. The van der Waals surface area contributed by atoms with Crippen molar-refractivity contribution in [3.05, 3.63) is 59.7 Å². The van der Waals surface area contributed by atoms with Crippen LogP contribution >= 0.6 is 0 Å². The van der Waals surface area contributed by atoms with Gasteiger partial charge in [-0.05, 0) is 36.1 Å². The van der Waals surface area contributed by atoms with Crippen molar-refractivity contribution in [3.8, 4) is 11.1 Å². The zero-order valence-electron chi connectivity index (χ0n) is 13.9. The molecule has 2 aliphatic carbocycles. The van der Waals surface area contributed by atoms with Gasteiger partial charge in [-0.2, -0.15) is 0 Å². The number of hydrazone groups is 1. The average Bonchev–Trinajstić information content (AvgIpc) is 3.08. The second-order valence-electron chi connectivity index (χ2n) is 7.10. The first kappa shape index (κ1) is 14.0. The number of carbonyl (C=O) groups is 1. The number of rotatable bonds is 0. The van der Waals surface area contributed by atoms with Crippen molar-refractivity contribution in [2.75, 3.05) is 7.05 Å². The summed E-state index contributed by atoms with van der Waals surface area (Å²) in [6, 6.07) is 17.5. The van der Waals surface area contributed by atoms with Crippen LogP contribution < -0.4 is 0 Å². The van der Waals surface area contributed by atoms with E-state index in [1.165, 1.54) is 40.8 Å². The van der Waals surface area contributed by atoms with Gasteiger partial charge in [0.15, 0.2) is 6.04 Å². The molecule has 0 spiro atoms. The van der Waals surface area contributed by atoms with Crippen LogP contribution in [0, 0.1) is 5.92 Å². The average molecular weight is 317 g/mol. The summed E-state index contributed by atoms with van der Waals surface area (Å²) in [4.78, 5) is 12.8. The van der Waals surface area contributed by atoms with Gasteiger partial charge in [0.05, 0.1) is 18.2 Å². The standard InChI is InChI=1S/C21H21N2O/c1-22-21(24)18-12-6-7-13-19(18)23(22)20-16-10-4-2-8-14(16)15-9-3-5-11-17(15)20/h2-5,8-11,18-19H,6-7,12-13H2,1H3/q+1/t18-,19+/m0/s1. The Labute approximate surface area is 142 Å². The third kappa shape index (κ3) is 1.73. The van der Waals surface area contributed by atoms with Crippen LogP contribution in [0.3, 0.4) is 0 Å². The zero-order chi connectivity index (χ0) is 16.3. The third-order valence-electron chi connectivity index (χ3n) is 5.89. The van der Waals surface area contributed by atoms with E-state index in [1.54, 1.807) is 0 Å². The summed E-state index contributed by atoms with van der Waals surface area (Å²) >= 11 is 0. The van der Waals surface area contributed by atoms with Gasteiger partial charge in [0, 0.05) is 6.42 Å². The molecule has 1 saturated carbocycles. The van der Waals surface area contributed by atoms with E-state index in [0.717, 1.165) is 12.8 Å². The molecule has 2 aromatic carbocycles. The number of hydrogen-bond donors (Lipinski definition) is 0. The molecule has 2 fully saturated rings. The van der Waals surface area contributed by atoms with Crippen LogP contribution in [0.25, 0.3) is 11.1 Å². The molecule has 2 aromatic rings. The summed E-state index contributed by atoms with van der Waals surface area (Å²) in [5.74, 6) is 0.449. The minimum absolute atomic E-state index is 0.163. The number of amides is 1. The van der Waals surface area contributed by atoms with Gasteiger partial charge in [-0.1, -0.05) is 42.8 Å². The van der Waals surface area contributed by atoms with Crippen LogP contribution in [0.4, 0.5) is 0 Å². The fourth-order valence-corrected chi connectivity index (χ4v) is 4.82. The number of fused-ring (bicyclic) bond motifs is 4. The molecule has 1 heterocycles. The largest absolute Gasteiger partial charge is 0.286 e. The van der Waals surface area contributed by atoms with Gasteiger partial charge >= 0.3 is 0 Å². The highest BCUT2D eigenvalue weighted by atomic mass is 16.2. The van der Waals surface area contributed by atoms with Gasteiger partial charge in [0.2, 0.25) is 5.71 Å². The van der Waals surface area contributed by atoms with Crippen LogP contribution in [0.1, 0.15) is 36.8 Å². The van der Waals surface area contributed by atoms with Gasteiger partial charge < -0.3 is 0 Å². The van der Waals surface area contributed by atoms with Gasteiger partial charge in [0.1, 0.15) is 5.92 Å². The van der Waals surface area contributed by atoms with Gasteiger partial charge in [0.25, 0.3) is 5.91 Å². The Hall–Kier alpha value is -2.42. The molecule has 3 aliphatic rings. The fourth-order valence-electron chi connectivity index (χ4n) is 4.82. The highest BCUT2D eigenvalue weighted by Gasteiger charge is 2.53. The lowest BCUT2D eigenvalue weighted by atomic mass is 9.85. The molecule has 2 atom stereocenters. The molecule has 120 valence electrons. The van der Waals surface area contributed by atoms with Crippen molar-refractivity contribution in [1.29, 1.82) is 0 Å². The van der Waals surface area contributed by atoms with E-state index in [-0.39, 0.29) is 11.8 Å². The molecule has 5 rings (SSSR count). The minimum atomic E-state index is 0.163. The van der Waals surface area contributed by atoms with Crippen LogP contribution in [0.15, 0.2) is 48.5 Å². The van der Waals surface area contributed by atoms with Crippen molar-refractivity contribution < 1.29 is 9.48 Å². The molecule has 0 radical (unpaired) electrons. The molecule has 3 heteroatoms. The van der Waals surface area contributed by atoms with Crippen molar-refractivity contribution >= 4 is 11.6 Å². The molecule has 24 heavy (non-hydrogen) atoms. The number of hydrogen-bond acceptors (Lipinski definition) is 1. The van der Waals surface area contributed by atoms with E-state index in [4.69, 9.17) is 0 Å². The smallest absolute Gasteiger partial charge is 0.268 e. The third-order valence-corrected chi connectivity index (χ3v) is 5.89. The Balaban J connectivity index is 1.82. The molecule has 0 bridgehead atoms. The Morgan fingerprint density at radius 1 is 0.875 bits per heavy atom. The molecular formula is C21H21N2O+. The van der Waals surface area contributed by atoms with Gasteiger partial charge in [-0.15, -0.1) is 9.69 Å². The van der Waals surface area contributed by atoms with E-state index in [0.29, 0.717) is 6.04 Å². The predicted octanol–water partition coefficient (Wildman–Crippen LogP) is 3.46. The fraction of sp³-hybridized carbons (Fsp3) is 0.333. The highest BCUT2D eigenvalue weighted by molar-refractivity contribution is 6.22. The lowest BCUT2D eigenvalue weighted by Gasteiger charge is -2.18. The maximum Gasteiger partial charge on any atom is 0.286 e. The monoisotopic (exact) mass is 317 g/mol. The van der Waals surface area contributed by atoms with Crippen LogP contribution in [0.2, 0.25) is 0 Å². The maximum absolute atomic E-state index is 12.8. The number of benzene rings is 2. The molecule has 1 amide bonds. The van der Waals surface area contributed by atoms with Crippen LogP contribution in [-0.4, -0.2) is 34.4 Å². The second-order valence-corrected chi connectivity index (χ2v) is 7.10.